The van der Waals surface area contributed by atoms with Crippen LogP contribution < -0.4 is 31.1 Å². The molecule has 12 nitrogen and oxygen atoms in total. The number of carboxylic acid groups (broad SMARTS) is 1. The summed E-state index contributed by atoms with van der Waals surface area (Å²) in [5.74, 6) is 7.37. The van der Waals surface area contributed by atoms with Crippen molar-refractivity contribution in [3.63, 3.8) is 0 Å². The number of fused-ring (bicyclic) bond motifs is 1. The molecule has 5 N–H and O–H groups in total. The number of aromatic nitrogens is 3. The predicted octanol–water partition coefficient (Wildman–Crippen LogP) is 3.62. The quantitative estimate of drug-likeness (QED) is 0.207. The highest BCUT2D eigenvalue weighted by molar-refractivity contribution is 5.85. The average Bonchev–Trinajstić information content (AvgIpc) is 3.48. The number of nitrogen functional groups attached to an aromatic ring is 2. The van der Waals surface area contributed by atoms with Crippen LogP contribution in [-0.4, -0.2) is 52.7 Å². The molecule has 224 valence electrons. The maximum absolute atomic E-state index is 13.0. The first-order chi connectivity index (χ1) is 20.2. The van der Waals surface area contributed by atoms with Crippen molar-refractivity contribution in [1.29, 1.82) is 0 Å². The summed E-state index contributed by atoms with van der Waals surface area (Å²) < 4.78 is 23.5. The van der Waals surface area contributed by atoms with E-state index in [1.165, 1.54) is 13.3 Å². The summed E-state index contributed by atoms with van der Waals surface area (Å²) in [6, 6.07) is 8.78. The molecule has 0 spiro atoms. The highest BCUT2D eigenvalue weighted by Crippen LogP contribution is 2.33. The van der Waals surface area contributed by atoms with E-state index in [0.717, 1.165) is 18.4 Å². The first-order valence-corrected chi connectivity index (χ1v) is 13.1. The average molecular weight is 608 g/mol. The molecule has 2 aromatic heterocycles. The molecule has 43 heavy (non-hydrogen) atoms. The van der Waals surface area contributed by atoms with E-state index >= 15 is 0 Å². The second-order valence-corrected chi connectivity index (χ2v) is 9.65. The lowest BCUT2D eigenvalue weighted by Crippen LogP contribution is -2.20. The molecule has 1 aliphatic heterocycles. The van der Waals surface area contributed by atoms with Crippen molar-refractivity contribution in [1.82, 2.24) is 14.5 Å². The van der Waals surface area contributed by atoms with Gasteiger partial charge in [-0.2, -0.15) is 4.98 Å². The third-order valence-electron chi connectivity index (χ3n) is 6.86. The van der Waals surface area contributed by atoms with Crippen molar-refractivity contribution in [2.45, 2.75) is 31.9 Å². The topological polar surface area (TPSA) is 174 Å². The van der Waals surface area contributed by atoms with Crippen molar-refractivity contribution < 1.29 is 28.8 Å². The van der Waals surface area contributed by atoms with Gasteiger partial charge in [0.2, 0.25) is 11.4 Å². The third kappa shape index (κ3) is 6.91. The van der Waals surface area contributed by atoms with Gasteiger partial charge in [0, 0.05) is 42.3 Å². The maximum Gasteiger partial charge on any atom is 0.511 e. The zero-order valence-corrected chi connectivity index (χ0v) is 24.3. The monoisotopic (exact) mass is 607 g/mol. The number of benzene rings is 2. The predicted molar refractivity (Wildman–Crippen MR) is 162 cm³/mol. The number of hydrogen-bond acceptors (Lipinski definition) is 10. The number of rotatable bonds is 7. The molecular weight excluding hydrogens is 578 g/mol. The van der Waals surface area contributed by atoms with Crippen molar-refractivity contribution in [2.24, 2.45) is 0 Å². The minimum Gasteiger partial charge on any atom is -0.493 e. The number of hydrogen-bond donors (Lipinski definition) is 3. The molecule has 1 aliphatic rings. The molecule has 13 heteroatoms. The van der Waals surface area contributed by atoms with Crippen molar-refractivity contribution in [3.8, 4) is 29.1 Å². The van der Waals surface area contributed by atoms with Crippen LogP contribution in [0.15, 0.2) is 47.5 Å². The van der Waals surface area contributed by atoms with Crippen LogP contribution in [0, 0.1) is 11.8 Å². The molecular formula is C30H30ClN5O7. The third-order valence-corrected chi connectivity index (χ3v) is 6.86. The van der Waals surface area contributed by atoms with Crippen LogP contribution in [-0.2, 0) is 17.7 Å². The van der Waals surface area contributed by atoms with Crippen LogP contribution in [0.25, 0.3) is 10.9 Å². The van der Waals surface area contributed by atoms with Crippen LogP contribution in [0.4, 0.5) is 16.6 Å². The molecule has 4 aromatic rings. The Balaban J connectivity index is 0.00000423. The standard InChI is InChI=1S/C30H29N5O7.ClH/c1-39-24-13-18(11-20-14-33-29(32)34-28(20)31)10-19(27(24)40-2)7-5-17-6-8-22-23(12-17)35(15-21-4-3-9-41-21)16-25(26(22)36)42-30(37)38;/h6,8,10,12-14,16,21H,3-4,9,11,15H2,1-2H3,(H,37,38)(H4,31,32,33,34);1H. The summed E-state index contributed by atoms with van der Waals surface area (Å²) in [6.45, 7) is 1.08. The van der Waals surface area contributed by atoms with Gasteiger partial charge < -0.3 is 40.1 Å². The number of anilines is 2. The van der Waals surface area contributed by atoms with Gasteiger partial charge in [-0.1, -0.05) is 11.8 Å². The van der Waals surface area contributed by atoms with E-state index < -0.39 is 11.6 Å². The Morgan fingerprint density at radius 2 is 1.98 bits per heavy atom. The summed E-state index contributed by atoms with van der Waals surface area (Å²) in [5.41, 5.74) is 14.5. The summed E-state index contributed by atoms with van der Waals surface area (Å²) in [4.78, 5) is 32.3. The normalized spacial score (nSPS) is 14.0. The smallest absolute Gasteiger partial charge is 0.493 e. The first kappa shape index (κ1) is 31.0. The highest BCUT2D eigenvalue weighted by atomic mass is 35.5. The van der Waals surface area contributed by atoms with Gasteiger partial charge in [-0.05, 0) is 48.7 Å². The fourth-order valence-corrected chi connectivity index (χ4v) is 4.91. The lowest BCUT2D eigenvalue weighted by Gasteiger charge is -2.16. The highest BCUT2D eigenvalue weighted by Gasteiger charge is 2.20. The zero-order chi connectivity index (χ0) is 29.8. The summed E-state index contributed by atoms with van der Waals surface area (Å²) in [6.07, 6.45) is 3.56. The molecule has 1 unspecified atom stereocenters. The maximum atomic E-state index is 13.0. The van der Waals surface area contributed by atoms with Gasteiger partial charge in [0.1, 0.15) is 5.82 Å². The lowest BCUT2D eigenvalue weighted by atomic mass is 10.0. The van der Waals surface area contributed by atoms with Crippen LogP contribution in [0.1, 0.15) is 35.1 Å². The number of nitrogens with two attached hydrogens (primary N) is 2. The number of carbonyl (C=O) groups is 1. The number of methoxy groups -OCH3 is 2. The van der Waals surface area contributed by atoms with E-state index in [0.29, 0.717) is 58.7 Å². The molecule has 1 atom stereocenters. The Kier molecular flexibility index (Phi) is 9.59. The molecule has 3 heterocycles. The van der Waals surface area contributed by atoms with Gasteiger partial charge in [-0.25, -0.2) is 9.78 Å². The van der Waals surface area contributed by atoms with Gasteiger partial charge in [-0.3, -0.25) is 4.79 Å². The Labute approximate surface area is 253 Å². The zero-order valence-electron chi connectivity index (χ0n) is 23.5. The largest absolute Gasteiger partial charge is 0.511 e. The van der Waals surface area contributed by atoms with Gasteiger partial charge in [0.15, 0.2) is 17.2 Å². The summed E-state index contributed by atoms with van der Waals surface area (Å²) in [7, 11) is 3.07. The van der Waals surface area contributed by atoms with Gasteiger partial charge in [0.05, 0.1) is 37.6 Å². The van der Waals surface area contributed by atoms with Crippen LogP contribution >= 0.6 is 12.4 Å². The first-order valence-electron chi connectivity index (χ1n) is 13.1. The van der Waals surface area contributed by atoms with Crippen LogP contribution in [0.2, 0.25) is 0 Å². The Morgan fingerprint density at radius 3 is 2.65 bits per heavy atom. The number of halogens is 1. The second-order valence-electron chi connectivity index (χ2n) is 9.65. The number of ether oxygens (including phenoxy) is 4. The summed E-state index contributed by atoms with van der Waals surface area (Å²) >= 11 is 0. The van der Waals surface area contributed by atoms with E-state index in [1.54, 1.807) is 36.1 Å². The van der Waals surface area contributed by atoms with E-state index in [4.69, 9.17) is 35.5 Å². The van der Waals surface area contributed by atoms with Crippen molar-refractivity contribution >= 4 is 41.2 Å². The van der Waals surface area contributed by atoms with Crippen molar-refractivity contribution in [3.05, 3.63) is 75.2 Å². The Bertz CT molecular complexity index is 1790. The molecule has 1 saturated heterocycles. The minimum atomic E-state index is -1.56. The molecule has 0 amide bonds. The van der Waals surface area contributed by atoms with Crippen LogP contribution in [0.3, 0.4) is 0 Å². The Morgan fingerprint density at radius 1 is 1.16 bits per heavy atom. The lowest BCUT2D eigenvalue weighted by molar-refractivity contribution is 0.0976. The van der Waals surface area contributed by atoms with E-state index in [9.17, 15) is 9.59 Å². The number of pyridine rings is 1. The van der Waals surface area contributed by atoms with E-state index in [-0.39, 0.29) is 36.0 Å². The molecule has 2 aromatic carbocycles. The molecule has 1 fully saturated rings. The molecule has 0 radical (unpaired) electrons. The van der Waals surface area contributed by atoms with E-state index in [1.807, 2.05) is 12.1 Å². The molecule has 0 saturated carbocycles. The summed E-state index contributed by atoms with van der Waals surface area (Å²) in [5, 5.41) is 9.42. The fourth-order valence-electron chi connectivity index (χ4n) is 4.91. The van der Waals surface area contributed by atoms with Crippen LogP contribution in [0.5, 0.6) is 17.2 Å². The molecule has 0 bridgehead atoms. The minimum absolute atomic E-state index is 0. The Hall–Kier alpha value is -4.99. The molecule has 0 aliphatic carbocycles. The van der Waals surface area contributed by atoms with Crippen molar-refractivity contribution in [2.75, 3.05) is 32.3 Å². The van der Waals surface area contributed by atoms with Gasteiger partial charge in [0.25, 0.3) is 0 Å². The fraction of sp³-hybridized carbons (Fsp3) is 0.267. The SMILES string of the molecule is COc1cc(Cc2cnc(N)nc2N)cc(C#Cc2ccc3c(=O)c(OC(=O)O)cn(CC4CCCO4)c3c2)c1OC.Cl. The van der Waals surface area contributed by atoms with E-state index in [2.05, 4.69) is 21.8 Å². The van der Waals surface area contributed by atoms with Gasteiger partial charge >= 0.3 is 6.16 Å². The number of nitrogens with zero attached hydrogens (tertiary/aromatic N) is 3. The molecule has 5 rings (SSSR count). The second kappa shape index (κ2) is 13.3. The van der Waals surface area contributed by atoms with Gasteiger partial charge in [-0.15, -0.1) is 12.4 Å².